The van der Waals surface area contributed by atoms with Crippen LogP contribution >= 0.6 is 0 Å². The van der Waals surface area contributed by atoms with Gasteiger partial charge in [0.1, 0.15) is 0 Å². The van der Waals surface area contributed by atoms with Gasteiger partial charge in [0, 0.05) is 11.7 Å². The molecule has 0 aliphatic heterocycles. The van der Waals surface area contributed by atoms with Crippen molar-refractivity contribution in [3.8, 4) is 0 Å². The van der Waals surface area contributed by atoms with Crippen molar-refractivity contribution >= 4 is 5.69 Å². The second kappa shape index (κ2) is 4.60. The summed E-state index contributed by atoms with van der Waals surface area (Å²) in [6.45, 7) is 4.40. The Kier molecular flexibility index (Phi) is 3.09. The van der Waals surface area contributed by atoms with E-state index < -0.39 is 0 Å². The average molecular weight is 243 g/mol. The van der Waals surface area contributed by atoms with Crippen LogP contribution in [0.2, 0.25) is 0 Å². The van der Waals surface area contributed by atoms with Crippen molar-refractivity contribution in [1.29, 1.82) is 0 Å². The van der Waals surface area contributed by atoms with E-state index in [1.807, 2.05) is 0 Å². The Morgan fingerprint density at radius 3 is 2.50 bits per heavy atom. The molecule has 0 bridgehead atoms. The van der Waals surface area contributed by atoms with Crippen LogP contribution in [0.15, 0.2) is 18.2 Å². The molecule has 0 saturated heterocycles. The van der Waals surface area contributed by atoms with Gasteiger partial charge in [0.2, 0.25) is 0 Å². The molecule has 1 aromatic rings. The van der Waals surface area contributed by atoms with E-state index in [0.717, 1.165) is 6.04 Å². The summed E-state index contributed by atoms with van der Waals surface area (Å²) in [7, 11) is 0. The molecule has 0 heterocycles. The summed E-state index contributed by atoms with van der Waals surface area (Å²) in [6.07, 6.45) is 10.1. The number of benzene rings is 1. The van der Waals surface area contributed by atoms with Crippen molar-refractivity contribution in [3.05, 3.63) is 29.3 Å². The molecule has 0 amide bonds. The predicted octanol–water partition coefficient (Wildman–Crippen LogP) is 4.83. The fourth-order valence-electron chi connectivity index (χ4n) is 3.86. The summed E-state index contributed by atoms with van der Waals surface area (Å²) in [5, 5.41) is 3.85. The molecule has 1 spiro atoms. The van der Waals surface area contributed by atoms with Crippen molar-refractivity contribution in [3.63, 3.8) is 0 Å². The largest absolute Gasteiger partial charge is 0.382 e. The number of aryl methyl sites for hydroxylation is 2. The smallest absolute Gasteiger partial charge is 0.0374 e. The molecule has 2 aliphatic carbocycles. The zero-order valence-electron chi connectivity index (χ0n) is 11.8. The molecule has 1 heteroatoms. The molecule has 2 aliphatic rings. The Morgan fingerprint density at radius 2 is 1.83 bits per heavy atom. The quantitative estimate of drug-likeness (QED) is 0.784. The number of hydrogen-bond acceptors (Lipinski definition) is 1. The Bertz CT molecular complexity index is 429. The minimum atomic E-state index is 0.647. The standard InChI is InChI=1S/C17H25N/c1-13-6-7-14(2)15(12-13)18-16-8-11-17(16)9-4-3-5-10-17/h6-7,12,16,18H,3-5,8-11H2,1-2H3. The molecule has 3 rings (SSSR count). The lowest BCUT2D eigenvalue weighted by Crippen LogP contribution is -2.50. The first-order valence-corrected chi connectivity index (χ1v) is 7.53. The SMILES string of the molecule is Cc1ccc(C)c(NC2CCC23CCCCC3)c1. The molecule has 18 heavy (non-hydrogen) atoms. The Hall–Kier alpha value is -0.980. The molecule has 98 valence electrons. The van der Waals surface area contributed by atoms with E-state index in [-0.39, 0.29) is 0 Å². The van der Waals surface area contributed by atoms with Crippen LogP contribution in [-0.2, 0) is 0 Å². The molecule has 1 nitrogen and oxygen atoms in total. The average Bonchev–Trinajstić information content (AvgIpc) is 2.39. The van der Waals surface area contributed by atoms with Gasteiger partial charge < -0.3 is 5.32 Å². The number of rotatable bonds is 2. The van der Waals surface area contributed by atoms with Gasteiger partial charge in [-0.25, -0.2) is 0 Å². The van der Waals surface area contributed by atoms with Crippen LogP contribution < -0.4 is 5.32 Å². The van der Waals surface area contributed by atoms with E-state index >= 15 is 0 Å². The molecule has 0 aromatic heterocycles. The van der Waals surface area contributed by atoms with E-state index in [2.05, 4.69) is 37.4 Å². The molecule has 0 radical (unpaired) electrons. The first-order valence-electron chi connectivity index (χ1n) is 7.53. The Balaban J connectivity index is 1.74. The monoisotopic (exact) mass is 243 g/mol. The van der Waals surface area contributed by atoms with Crippen molar-refractivity contribution < 1.29 is 0 Å². The molecule has 1 atom stereocenters. The molecule has 2 fully saturated rings. The third-order valence-corrected chi connectivity index (χ3v) is 5.24. The summed E-state index contributed by atoms with van der Waals surface area (Å²) in [5.74, 6) is 0. The van der Waals surface area contributed by atoms with Gasteiger partial charge >= 0.3 is 0 Å². The van der Waals surface area contributed by atoms with Crippen LogP contribution in [0.3, 0.4) is 0 Å². The summed E-state index contributed by atoms with van der Waals surface area (Å²) in [6, 6.07) is 7.49. The van der Waals surface area contributed by atoms with Gasteiger partial charge in [-0.2, -0.15) is 0 Å². The summed E-state index contributed by atoms with van der Waals surface area (Å²) >= 11 is 0. The fraction of sp³-hybridized carbons (Fsp3) is 0.647. The van der Waals surface area contributed by atoms with Crippen LogP contribution in [-0.4, -0.2) is 6.04 Å². The Morgan fingerprint density at radius 1 is 1.06 bits per heavy atom. The normalized spacial score (nSPS) is 25.8. The van der Waals surface area contributed by atoms with Gasteiger partial charge in [-0.15, -0.1) is 0 Å². The second-order valence-electron chi connectivity index (χ2n) is 6.48. The first-order chi connectivity index (χ1) is 8.70. The van der Waals surface area contributed by atoms with Gasteiger partial charge in [-0.1, -0.05) is 31.4 Å². The molecule has 1 aromatic carbocycles. The third kappa shape index (κ3) is 2.04. The molecule has 1 N–H and O–H groups in total. The second-order valence-corrected chi connectivity index (χ2v) is 6.48. The van der Waals surface area contributed by atoms with E-state index in [1.54, 1.807) is 0 Å². The highest BCUT2D eigenvalue weighted by Crippen LogP contribution is 2.52. The Labute approximate surface area is 111 Å². The van der Waals surface area contributed by atoms with Gasteiger partial charge in [-0.05, 0) is 62.1 Å². The van der Waals surface area contributed by atoms with E-state index in [4.69, 9.17) is 0 Å². The van der Waals surface area contributed by atoms with E-state index in [0.29, 0.717) is 5.41 Å². The highest BCUT2D eigenvalue weighted by molar-refractivity contribution is 5.53. The topological polar surface area (TPSA) is 12.0 Å². The molecular weight excluding hydrogens is 218 g/mol. The number of anilines is 1. The van der Waals surface area contributed by atoms with E-state index in [1.165, 1.54) is 61.8 Å². The molecular formula is C17H25N. The lowest BCUT2D eigenvalue weighted by atomic mass is 9.57. The van der Waals surface area contributed by atoms with Crippen LogP contribution in [0.4, 0.5) is 5.69 Å². The maximum Gasteiger partial charge on any atom is 0.0374 e. The van der Waals surface area contributed by atoms with Crippen molar-refractivity contribution in [1.82, 2.24) is 0 Å². The number of hydrogen-bond donors (Lipinski definition) is 1. The van der Waals surface area contributed by atoms with Crippen LogP contribution in [0.25, 0.3) is 0 Å². The first kappa shape index (κ1) is 12.1. The highest BCUT2D eigenvalue weighted by atomic mass is 15.0. The van der Waals surface area contributed by atoms with Crippen LogP contribution in [0.1, 0.15) is 56.1 Å². The van der Waals surface area contributed by atoms with Crippen LogP contribution in [0.5, 0.6) is 0 Å². The van der Waals surface area contributed by atoms with Gasteiger partial charge in [0.15, 0.2) is 0 Å². The minimum absolute atomic E-state index is 0.647. The lowest BCUT2D eigenvalue weighted by Gasteiger charge is -2.53. The summed E-state index contributed by atoms with van der Waals surface area (Å²) in [5.41, 5.74) is 4.76. The minimum Gasteiger partial charge on any atom is -0.382 e. The van der Waals surface area contributed by atoms with Gasteiger partial charge in [0.25, 0.3) is 0 Å². The zero-order valence-corrected chi connectivity index (χ0v) is 11.8. The van der Waals surface area contributed by atoms with E-state index in [9.17, 15) is 0 Å². The maximum atomic E-state index is 3.85. The van der Waals surface area contributed by atoms with Crippen molar-refractivity contribution in [2.45, 2.75) is 64.8 Å². The zero-order chi connectivity index (χ0) is 12.6. The van der Waals surface area contributed by atoms with Gasteiger partial charge in [0.05, 0.1) is 0 Å². The highest BCUT2D eigenvalue weighted by Gasteiger charge is 2.46. The maximum absolute atomic E-state index is 3.85. The summed E-state index contributed by atoms with van der Waals surface area (Å²) in [4.78, 5) is 0. The fourth-order valence-corrected chi connectivity index (χ4v) is 3.86. The molecule has 1 unspecified atom stereocenters. The van der Waals surface area contributed by atoms with Crippen LogP contribution in [0, 0.1) is 19.3 Å². The molecule has 2 saturated carbocycles. The third-order valence-electron chi connectivity index (χ3n) is 5.24. The number of nitrogens with one attached hydrogen (secondary N) is 1. The van der Waals surface area contributed by atoms with Crippen molar-refractivity contribution in [2.75, 3.05) is 5.32 Å². The van der Waals surface area contributed by atoms with Gasteiger partial charge in [-0.3, -0.25) is 0 Å². The lowest BCUT2D eigenvalue weighted by molar-refractivity contribution is 0.0571. The van der Waals surface area contributed by atoms with Crippen molar-refractivity contribution in [2.24, 2.45) is 5.41 Å². The predicted molar refractivity (Wildman–Crippen MR) is 78.1 cm³/mol. The summed E-state index contributed by atoms with van der Waals surface area (Å²) < 4.78 is 0.